The zero-order valence-corrected chi connectivity index (χ0v) is 9.12. The lowest BCUT2D eigenvalue weighted by Gasteiger charge is -2.16. The van der Waals surface area contributed by atoms with Gasteiger partial charge in [-0.2, -0.15) is 5.10 Å². The van der Waals surface area contributed by atoms with Crippen LogP contribution in [0.3, 0.4) is 0 Å². The van der Waals surface area contributed by atoms with Crippen molar-refractivity contribution in [2.45, 2.75) is 26.8 Å². The number of hydrogen-bond acceptors (Lipinski definition) is 2. The van der Waals surface area contributed by atoms with Crippen molar-refractivity contribution in [2.75, 3.05) is 0 Å². The van der Waals surface area contributed by atoms with Crippen molar-refractivity contribution >= 4 is 17.6 Å². The van der Waals surface area contributed by atoms with Crippen molar-refractivity contribution < 1.29 is 9.90 Å². The van der Waals surface area contributed by atoms with Gasteiger partial charge in [0.15, 0.2) is 0 Å². The van der Waals surface area contributed by atoms with Crippen LogP contribution in [-0.4, -0.2) is 20.9 Å². The van der Waals surface area contributed by atoms with Gasteiger partial charge in [0.25, 0.3) is 0 Å². The number of carboxylic acids is 1. The molecule has 0 amide bonds. The van der Waals surface area contributed by atoms with Crippen LogP contribution in [0.25, 0.3) is 0 Å². The Kier molecular flexibility index (Phi) is 3.16. The second kappa shape index (κ2) is 4.00. The number of aromatic carboxylic acids is 1. The Morgan fingerprint density at radius 3 is 2.50 bits per heavy atom. The largest absolute Gasteiger partial charge is 0.478 e. The van der Waals surface area contributed by atoms with Gasteiger partial charge in [-0.3, -0.25) is 4.68 Å². The van der Waals surface area contributed by atoms with Crippen LogP contribution in [0.2, 0.25) is 5.15 Å². The van der Waals surface area contributed by atoms with Crippen molar-refractivity contribution in [1.29, 1.82) is 0 Å². The summed E-state index contributed by atoms with van der Waals surface area (Å²) in [5, 5.41) is 12.9. The molecule has 1 unspecified atom stereocenters. The number of carbonyl (C=O) groups is 1. The van der Waals surface area contributed by atoms with E-state index in [4.69, 9.17) is 16.7 Å². The van der Waals surface area contributed by atoms with Crippen molar-refractivity contribution in [3.8, 4) is 0 Å². The normalized spacial score (nSPS) is 13.2. The number of carboxylic acid groups (broad SMARTS) is 1. The zero-order chi connectivity index (χ0) is 10.9. The number of halogens is 1. The lowest BCUT2D eigenvalue weighted by molar-refractivity contribution is 0.0697. The van der Waals surface area contributed by atoms with E-state index in [1.54, 1.807) is 0 Å². The number of nitrogens with zero attached hydrogens (tertiary/aromatic N) is 2. The first-order valence-corrected chi connectivity index (χ1v) is 4.79. The Bertz CT molecular complexity index is 347. The molecule has 0 radical (unpaired) electrons. The second-order valence-corrected chi connectivity index (χ2v) is 3.94. The third kappa shape index (κ3) is 1.90. The molecule has 0 spiro atoms. The van der Waals surface area contributed by atoms with Gasteiger partial charge in [-0.1, -0.05) is 25.4 Å². The van der Waals surface area contributed by atoms with Crippen molar-refractivity contribution in [2.24, 2.45) is 5.92 Å². The van der Waals surface area contributed by atoms with Crippen LogP contribution in [-0.2, 0) is 0 Å². The first kappa shape index (κ1) is 11.0. The lowest BCUT2D eigenvalue weighted by Crippen LogP contribution is -2.13. The molecular weight excluding hydrogens is 204 g/mol. The summed E-state index contributed by atoms with van der Waals surface area (Å²) in [4.78, 5) is 10.7. The maximum Gasteiger partial charge on any atom is 0.340 e. The van der Waals surface area contributed by atoms with Crippen LogP contribution in [0.4, 0.5) is 0 Å². The van der Waals surface area contributed by atoms with Gasteiger partial charge in [-0.15, -0.1) is 0 Å². The third-order valence-corrected chi connectivity index (χ3v) is 2.69. The maximum absolute atomic E-state index is 10.7. The van der Waals surface area contributed by atoms with Gasteiger partial charge in [0.2, 0.25) is 0 Å². The molecule has 14 heavy (non-hydrogen) atoms. The summed E-state index contributed by atoms with van der Waals surface area (Å²) >= 11 is 5.88. The summed E-state index contributed by atoms with van der Waals surface area (Å²) < 4.78 is 1.54. The van der Waals surface area contributed by atoms with Crippen LogP contribution < -0.4 is 0 Å². The van der Waals surface area contributed by atoms with E-state index in [0.29, 0.717) is 5.92 Å². The standard InChI is InChI=1S/C9H13ClN2O2/c1-5(2)6(3)12-8(10)7(4-11-12)9(13)14/h4-6H,1-3H3,(H,13,14). The Labute approximate surface area is 87.5 Å². The van der Waals surface area contributed by atoms with E-state index in [9.17, 15) is 4.79 Å². The number of rotatable bonds is 3. The summed E-state index contributed by atoms with van der Waals surface area (Å²) in [7, 11) is 0. The molecule has 78 valence electrons. The minimum absolute atomic E-state index is 0.0548. The minimum Gasteiger partial charge on any atom is -0.478 e. The number of aromatic nitrogens is 2. The molecule has 5 heteroatoms. The van der Waals surface area contributed by atoms with Gasteiger partial charge >= 0.3 is 5.97 Å². The van der Waals surface area contributed by atoms with Gasteiger partial charge in [0, 0.05) is 0 Å². The van der Waals surface area contributed by atoms with Crippen molar-refractivity contribution in [3.05, 3.63) is 16.9 Å². The molecule has 1 heterocycles. The monoisotopic (exact) mass is 216 g/mol. The average molecular weight is 217 g/mol. The third-order valence-electron chi connectivity index (χ3n) is 2.32. The van der Waals surface area contributed by atoms with Crippen LogP contribution in [0.5, 0.6) is 0 Å². The summed E-state index contributed by atoms with van der Waals surface area (Å²) in [5.74, 6) is -0.689. The summed E-state index contributed by atoms with van der Waals surface area (Å²) in [6.07, 6.45) is 1.28. The predicted molar refractivity (Wildman–Crippen MR) is 53.7 cm³/mol. The molecule has 1 aromatic heterocycles. The van der Waals surface area contributed by atoms with E-state index in [1.807, 2.05) is 20.8 Å². The Balaban J connectivity index is 3.06. The van der Waals surface area contributed by atoms with E-state index in [1.165, 1.54) is 10.9 Å². The van der Waals surface area contributed by atoms with Gasteiger partial charge in [-0.05, 0) is 12.8 Å². The highest BCUT2D eigenvalue weighted by Gasteiger charge is 2.19. The highest BCUT2D eigenvalue weighted by atomic mass is 35.5. The fraction of sp³-hybridized carbons (Fsp3) is 0.556. The smallest absolute Gasteiger partial charge is 0.340 e. The zero-order valence-electron chi connectivity index (χ0n) is 8.36. The fourth-order valence-corrected chi connectivity index (χ4v) is 1.38. The van der Waals surface area contributed by atoms with E-state index in [2.05, 4.69) is 5.10 Å². The molecular formula is C9H13ClN2O2. The van der Waals surface area contributed by atoms with Crippen molar-refractivity contribution in [1.82, 2.24) is 9.78 Å². The summed E-state index contributed by atoms with van der Waals surface area (Å²) in [6, 6.07) is 0.0931. The molecule has 1 N–H and O–H groups in total. The average Bonchev–Trinajstić information content (AvgIpc) is 2.45. The van der Waals surface area contributed by atoms with Gasteiger partial charge in [0.05, 0.1) is 12.2 Å². The molecule has 1 rings (SSSR count). The molecule has 0 aliphatic carbocycles. The first-order chi connectivity index (χ1) is 6.45. The van der Waals surface area contributed by atoms with Crippen LogP contribution in [0.1, 0.15) is 37.2 Å². The molecule has 0 saturated carbocycles. The molecule has 1 aromatic rings. The molecule has 0 fully saturated rings. The quantitative estimate of drug-likeness (QED) is 0.845. The van der Waals surface area contributed by atoms with E-state index >= 15 is 0 Å². The van der Waals surface area contributed by atoms with Crippen LogP contribution in [0, 0.1) is 5.92 Å². The molecule has 0 saturated heterocycles. The molecule has 0 aliphatic heterocycles. The molecule has 0 aromatic carbocycles. The summed E-state index contributed by atoms with van der Waals surface area (Å²) in [5.41, 5.74) is 0.0548. The maximum atomic E-state index is 10.7. The second-order valence-electron chi connectivity index (χ2n) is 3.58. The van der Waals surface area contributed by atoms with E-state index in [0.717, 1.165) is 0 Å². The first-order valence-electron chi connectivity index (χ1n) is 4.41. The van der Waals surface area contributed by atoms with Crippen molar-refractivity contribution in [3.63, 3.8) is 0 Å². The fourth-order valence-electron chi connectivity index (χ4n) is 1.06. The molecule has 4 nitrogen and oxygen atoms in total. The lowest BCUT2D eigenvalue weighted by atomic mass is 10.1. The predicted octanol–water partition coefficient (Wildman–Crippen LogP) is 2.45. The highest BCUT2D eigenvalue weighted by molar-refractivity contribution is 6.32. The van der Waals surface area contributed by atoms with Crippen LogP contribution >= 0.6 is 11.6 Å². The minimum atomic E-state index is -1.04. The van der Waals surface area contributed by atoms with Gasteiger partial charge < -0.3 is 5.11 Å². The topological polar surface area (TPSA) is 55.1 Å². The molecule has 0 bridgehead atoms. The highest BCUT2D eigenvalue weighted by Crippen LogP contribution is 2.23. The molecule has 0 aliphatic rings. The Morgan fingerprint density at radius 2 is 2.14 bits per heavy atom. The Morgan fingerprint density at radius 1 is 1.57 bits per heavy atom. The van der Waals surface area contributed by atoms with Crippen LogP contribution in [0.15, 0.2) is 6.20 Å². The van der Waals surface area contributed by atoms with Gasteiger partial charge in [0.1, 0.15) is 10.7 Å². The van der Waals surface area contributed by atoms with E-state index < -0.39 is 5.97 Å². The SMILES string of the molecule is CC(C)C(C)n1ncc(C(=O)O)c1Cl. The summed E-state index contributed by atoms with van der Waals surface area (Å²) in [6.45, 7) is 6.02. The molecule has 1 atom stereocenters. The number of hydrogen-bond donors (Lipinski definition) is 1. The Hall–Kier alpha value is -1.03. The van der Waals surface area contributed by atoms with E-state index in [-0.39, 0.29) is 16.8 Å². The van der Waals surface area contributed by atoms with Gasteiger partial charge in [-0.25, -0.2) is 4.79 Å².